The molecule has 4 aromatic carbocycles. The fourth-order valence-electron chi connectivity index (χ4n) is 3.12. The van der Waals surface area contributed by atoms with Gasteiger partial charge in [0.05, 0.1) is 17.5 Å². The molecule has 0 atom stereocenters. The molecule has 4 aromatic rings. The molecule has 0 aliphatic rings. The van der Waals surface area contributed by atoms with Crippen LogP contribution in [0.3, 0.4) is 0 Å². The summed E-state index contributed by atoms with van der Waals surface area (Å²) in [6, 6.07) is 28.6. The van der Waals surface area contributed by atoms with Crippen LogP contribution in [0.1, 0.15) is 21.5 Å². The Morgan fingerprint density at radius 1 is 0.897 bits per heavy atom. The predicted molar refractivity (Wildman–Crippen MR) is 118 cm³/mol. The number of rotatable bonds is 5. The Hall–Kier alpha value is -3.92. The number of hydrogen-bond acceptors (Lipinski definition) is 4. The van der Waals surface area contributed by atoms with Crippen molar-refractivity contribution in [3.05, 3.63) is 108 Å². The topological polar surface area (TPSA) is 50.7 Å². The first-order valence-corrected chi connectivity index (χ1v) is 9.35. The van der Waals surface area contributed by atoms with Gasteiger partial charge in [-0.05, 0) is 53.6 Å². The molecule has 0 saturated heterocycles. The number of esters is 1. The Morgan fingerprint density at radius 3 is 2.52 bits per heavy atom. The van der Waals surface area contributed by atoms with Gasteiger partial charge in [0.2, 0.25) is 0 Å². The van der Waals surface area contributed by atoms with Gasteiger partial charge < -0.3 is 4.74 Å². The van der Waals surface area contributed by atoms with Gasteiger partial charge in [-0.2, -0.15) is 5.10 Å². The largest absolute Gasteiger partial charge is 0.422 e. The third-order valence-electron chi connectivity index (χ3n) is 4.55. The molecule has 0 aliphatic carbocycles. The molecular weight excluding hydrogens is 360 g/mol. The highest BCUT2D eigenvalue weighted by atomic mass is 16.5. The van der Waals surface area contributed by atoms with Gasteiger partial charge in [0.15, 0.2) is 0 Å². The molecule has 0 aliphatic heterocycles. The second-order valence-electron chi connectivity index (χ2n) is 6.69. The van der Waals surface area contributed by atoms with E-state index in [0.717, 1.165) is 27.6 Å². The lowest BCUT2D eigenvalue weighted by atomic mass is 10.0. The Kier molecular flexibility index (Phi) is 5.34. The van der Waals surface area contributed by atoms with E-state index in [0.29, 0.717) is 11.3 Å². The highest BCUT2D eigenvalue weighted by Gasteiger charge is 2.13. The molecule has 0 fully saturated rings. The number of carbonyl (C=O) groups is 1. The van der Waals surface area contributed by atoms with Crippen LogP contribution in [0.2, 0.25) is 0 Å². The third-order valence-corrected chi connectivity index (χ3v) is 4.55. The number of hydrogen-bond donors (Lipinski definition) is 1. The molecule has 0 amide bonds. The smallest absolute Gasteiger partial charge is 0.343 e. The van der Waals surface area contributed by atoms with Crippen LogP contribution < -0.4 is 10.2 Å². The van der Waals surface area contributed by atoms with Gasteiger partial charge in [-0.3, -0.25) is 5.43 Å². The van der Waals surface area contributed by atoms with Gasteiger partial charge in [-0.15, -0.1) is 0 Å². The van der Waals surface area contributed by atoms with Gasteiger partial charge in [0.1, 0.15) is 5.75 Å². The number of ether oxygens (including phenoxy) is 1. The van der Waals surface area contributed by atoms with Gasteiger partial charge >= 0.3 is 5.97 Å². The van der Waals surface area contributed by atoms with E-state index in [4.69, 9.17) is 4.74 Å². The molecule has 0 saturated carbocycles. The number of aryl methyl sites for hydroxylation is 1. The van der Waals surface area contributed by atoms with Gasteiger partial charge in [0, 0.05) is 5.56 Å². The maximum Gasteiger partial charge on any atom is 0.343 e. The summed E-state index contributed by atoms with van der Waals surface area (Å²) in [4.78, 5) is 12.6. The average Bonchev–Trinajstić information content (AvgIpc) is 2.75. The first-order chi connectivity index (χ1) is 14.2. The predicted octanol–water partition coefficient (Wildman–Crippen LogP) is 5.81. The van der Waals surface area contributed by atoms with E-state index < -0.39 is 5.97 Å². The molecule has 4 heteroatoms. The van der Waals surface area contributed by atoms with E-state index in [2.05, 4.69) is 10.5 Å². The summed E-state index contributed by atoms with van der Waals surface area (Å²) in [5.41, 5.74) is 6.32. The minimum absolute atomic E-state index is 0.401. The third kappa shape index (κ3) is 4.33. The van der Waals surface area contributed by atoms with Crippen molar-refractivity contribution in [3.8, 4) is 5.75 Å². The van der Waals surface area contributed by atoms with Crippen molar-refractivity contribution in [3.63, 3.8) is 0 Å². The number of benzene rings is 4. The molecule has 0 unspecified atom stereocenters. The molecular formula is C25H20N2O2. The lowest BCUT2D eigenvalue weighted by Crippen LogP contribution is -2.10. The number of carbonyl (C=O) groups excluding carboxylic acids is 1. The molecule has 0 aromatic heterocycles. The van der Waals surface area contributed by atoms with E-state index in [9.17, 15) is 4.79 Å². The number of nitrogens with one attached hydrogen (secondary N) is 1. The second-order valence-corrected chi connectivity index (χ2v) is 6.69. The van der Waals surface area contributed by atoms with Crippen molar-refractivity contribution < 1.29 is 9.53 Å². The van der Waals surface area contributed by atoms with E-state index in [1.54, 1.807) is 24.4 Å². The monoisotopic (exact) mass is 380 g/mol. The highest BCUT2D eigenvalue weighted by molar-refractivity contribution is 6.04. The molecule has 0 heterocycles. The summed E-state index contributed by atoms with van der Waals surface area (Å²) in [6.45, 7) is 2.03. The van der Waals surface area contributed by atoms with Crippen LogP contribution >= 0.6 is 0 Å². The van der Waals surface area contributed by atoms with E-state index in [1.807, 2.05) is 79.7 Å². The quantitative estimate of drug-likeness (QED) is 0.206. The van der Waals surface area contributed by atoms with E-state index in [-0.39, 0.29) is 0 Å². The Bertz CT molecular complexity index is 1180. The zero-order valence-electron chi connectivity index (χ0n) is 16.0. The molecule has 4 nitrogen and oxygen atoms in total. The van der Waals surface area contributed by atoms with Crippen LogP contribution in [-0.4, -0.2) is 12.2 Å². The Labute approximate surface area is 169 Å². The normalized spacial score (nSPS) is 10.9. The summed E-state index contributed by atoms with van der Waals surface area (Å²) in [7, 11) is 0. The van der Waals surface area contributed by atoms with Crippen molar-refractivity contribution in [2.75, 3.05) is 5.43 Å². The Balaban J connectivity index is 1.67. The minimum atomic E-state index is -0.401. The zero-order chi connectivity index (χ0) is 20.1. The van der Waals surface area contributed by atoms with Gasteiger partial charge in [-0.25, -0.2) is 4.79 Å². The summed E-state index contributed by atoms with van der Waals surface area (Å²) < 4.78 is 5.70. The summed E-state index contributed by atoms with van der Waals surface area (Å²) in [6.07, 6.45) is 1.69. The standard InChI is InChI=1S/C25H20N2O2/c1-18-8-7-12-21(16-18)27-26-17-23-22-13-6-5-9-19(22)14-15-24(23)29-25(28)20-10-3-2-4-11-20/h2-17,27H,1H3. The van der Waals surface area contributed by atoms with Crippen LogP contribution in [0, 0.1) is 6.92 Å². The molecule has 0 spiro atoms. The summed E-state index contributed by atoms with van der Waals surface area (Å²) in [5.74, 6) is 0.0644. The number of fused-ring (bicyclic) bond motifs is 1. The molecule has 29 heavy (non-hydrogen) atoms. The lowest BCUT2D eigenvalue weighted by Gasteiger charge is -2.10. The fourth-order valence-corrected chi connectivity index (χ4v) is 3.12. The average molecular weight is 380 g/mol. The minimum Gasteiger partial charge on any atom is -0.422 e. The summed E-state index contributed by atoms with van der Waals surface area (Å²) >= 11 is 0. The fraction of sp³-hybridized carbons (Fsp3) is 0.0400. The molecule has 0 radical (unpaired) electrons. The Morgan fingerprint density at radius 2 is 1.69 bits per heavy atom. The SMILES string of the molecule is Cc1cccc(NN=Cc2c(OC(=O)c3ccccc3)ccc3ccccc23)c1. The zero-order valence-corrected chi connectivity index (χ0v) is 16.0. The van der Waals surface area contributed by atoms with Crippen molar-refractivity contribution in [1.29, 1.82) is 0 Å². The van der Waals surface area contributed by atoms with Gasteiger partial charge in [-0.1, -0.05) is 60.7 Å². The van der Waals surface area contributed by atoms with Gasteiger partial charge in [0.25, 0.3) is 0 Å². The molecule has 142 valence electrons. The first kappa shape index (κ1) is 18.4. The maximum atomic E-state index is 12.6. The first-order valence-electron chi connectivity index (χ1n) is 9.35. The van der Waals surface area contributed by atoms with Crippen LogP contribution in [0.5, 0.6) is 5.75 Å². The maximum absolute atomic E-state index is 12.6. The lowest BCUT2D eigenvalue weighted by molar-refractivity contribution is 0.0735. The van der Waals surface area contributed by atoms with Crippen molar-refractivity contribution >= 4 is 28.6 Å². The second kappa shape index (κ2) is 8.40. The van der Waals surface area contributed by atoms with Crippen molar-refractivity contribution in [2.45, 2.75) is 6.92 Å². The molecule has 4 rings (SSSR count). The summed E-state index contributed by atoms with van der Waals surface area (Å²) in [5, 5.41) is 6.38. The molecule has 0 bridgehead atoms. The van der Waals surface area contributed by atoms with Crippen LogP contribution in [0.15, 0.2) is 96.1 Å². The van der Waals surface area contributed by atoms with Crippen molar-refractivity contribution in [2.24, 2.45) is 5.10 Å². The van der Waals surface area contributed by atoms with Crippen molar-refractivity contribution in [1.82, 2.24) is 0 Å². The van der Waals surface area contributed by atoms with Crippen LogP contribution in [0.25, 0.3) is 10.8 Å². The van der Waals surface area contributed by atoms with Crippen LogP contribution in [0.4, 0.5) is 5.69 Å². The highest BCUT2D eigenvalue weighted by Crippen LogP contribution is 2.27. The number of hydrazone groups is 1. The number of anilines is 1. The van der Waals surface area contributed by atoms with E-state index in [1.165, 1.54) is 0 Å². The van der Waals surface area contributed by atoms with Crippen LogP contribution in [-0.2, 0) is 0 Å². The van der Waals surface area contributed by atoms with E-state index >= 15 is 0 Å². The number of nitrogens with zero attached hydrogens (tertiary/aromatic N) is 1. The molecule has 1 N–H and O–H groups in total.